The predicted octanol–water partition coefficient (Wildman–Crippen LogP) is 4.71. The first kappa shape index (κ1) is 17.7. The quantitative estimate of drug-likeness (QED) is 0.277. The average molecular weight is 381 g/mol. The number of thioether (sulfide) groups is 1. The van der Waals surface area contributed by atoms with E-state index in [1.165, 1.54) is 17.8 Å². The standard InChI is InChI=1S/C20H19N3O3S/c24-19-16-10-4-5-11-17(16)21-20(22(19)15-8-2-3-9-15)27-13-14-7-1-6-12-18(14)23(25)26/h1,4-7,10-12,15H,2-3,8-9,13H2. The summed E-state index contributed by atoms with van der Waals surface area (Å²) in [7, 11) is 0. The lowest BCUT2D eigenvalue weighted by Gasteiger charge is -2.18. The minimum atomic E-state index is -0.367. The Labute approximate surface area is 160 Å². The third-order valence-electron chi connectivity index (χ3n) is 5.01. The van der Waals surface area contributed by atoms with Crippen LogP contribution in [0.15, 0.2) is 58.5 Å². The third kappa shape index (κ3) is 3.47. The van der Waals surface area contributed by atoms with Gasteiger partial charge in [-0.15, -0.1) is 0 Å². The van der Waals surface area contributed by atoms with Crippen molar-refractivity contribution < 1.29 is 4.92 Å². The highest BCUT2D eigenvalue weighted by molar-refractivity contribution is 7.98. The van der Waals surface area contributed by atoms with Gasteiger partial charge >= 0.3 is 0 Å². The number of nitro groups is 1. The Balaban J connectivity index is 1.75. The van der Waals surface area contributed by atoms with Gasteiger partial charge < -0.3 is 0 Å². The number of nitrogens with zero attached hydrogens (tertiary/aromatic N) is 3. The Morgan fingerprint density at radius 3 is 2.59 bits per heavy atom. The number of rotatable bonds is 5. The first-order valence-corrected chi connectivity index (χ1v) is 10.00. The maximum absolute atomic E-state index is 13.1. The molecule has 1 fully saturated rings. The fourth-order valence-electron chi connectivity index (χ4n) is 3.67. The van der Waals surface area contributed by atoms with E-state index in [0.29, 0.717) is 27.4 Å². The molecule has 3 aromatic rings. The molecule has 1 aliphatic rings. The molecule has 138 valence electrons. The van der Waals surface area contributed by atoms with E-state index in [1.54, 1.807) is 18.2 Å². The first-order chi connectivity index (χ1) is 13.1. The number of para-hydroxylation sites is 2. The molecule has 1 aromatic heterocycles. The smallest absolute Gasteiger partial charge is 0.273 e. The summed E-state index contributed by atoms with van der Waals surface area (Å²) >= 11 is 1.39. The molecule has 0 spiro atoms. The van der Waals surface area contributed by atoms with Gasteiger partial charge in [-0.1, -0.05) is 54.9 Å². The summed E-state index contributed by atoms with van der Waals surface area (Å²) in [5.41, 5.74) is 1.38. The van der Waals surface area contributed by atoms with Crippen LogP contribution in [0.5, 0.6) is 0 Å². The number of hydrogen-bond donors (Lipinski definition) is 0. The second kappa shape index (κ2) is 7.52. The average Bonchev–Trinajstić information content (AvgIpc) is 3.21. The topological polar surface area (TPSA) is 78.0 Å². The van der Waals surface area contributed by atoms with Gasteiger partial charge in [-0.2, -0.15) is 0 Å². The molecule has 1 saturated carbocycles. The largest absolute Gasteiger partial charge is 0.284 e. The van der Waals surface area contributed by atoms with Crippen LogP contribution in [0.1, 0.15) is 37.3 Å². The fraction of sp³-hybridized carbons (Fsp3) is 0.300. The van der Waals surface area contributed by atoms with E-state index >= 15 is 0 Å². The molecule has 7 heteroatoms. The molecule has 1 aliphatic carbocycles. The summed E-state index contributed by atoms with van der Waals surface area (Å²) in [6, 6.07) is 14.2. The molecule has 0 amide bonds. The van der Waals surface area contributed by atoms with Gasteiger partial charge in [0.15, 0.2) is 5.16 Å². The van der Waals surface area contributed by atoms with Crippen molar-refractivity contribution in [3.05, 3.63) is 74.6 Å². The number of fused-ring (bicyclic) bond motifs is 1. The Bertz CT molecular complexity index is 1060. The van der Waals surface area contributed by atoms with Crippen molar-refractivity contribution in [1.82, 2.24) is 9.55 Å². The number of aromatic nitrogens is 2. The van der Waals surface area contributed by atoms with Gasteiger partial charge in [-0.3, -0.25) is 19.5 Å². The SMILES string of the molecule is O=c1c2ccccc2nc(SCc2ccccc2[N+](=O)[O-])n1C1CCCC1. The van der Waals surface area contributed by atoms with Crippen molar-refractivity contribution in [1.29, 1.82) is 0 Å². The van der Waals surface area contributed by atoms with Gasteiger partial charge in [0, 0.05) is 23.4 Å². The van der Waals surface area contributed by atoms with E-state index in [-0.39, 0.29) is 22.2 Å². The van der Waals surface area contributed by atoms with E-state index in [0.717, 1.165) is 25.7 Å². The molecule has 4 rings (SSSR count). The van der Waals surface area contributed by atoms with Crippen LogP contribution >= 0.6 is 11.8 Å². The molecule has 0 radical (unpaired) electrons. The van der Waals surface area contributed by atoms with Crippen molar-refractivity contribution in [3.8, 4) is 0 Å². The van der Waals surface area contributed by atoms with Crippen molar-refractivity contribution in [2.45, 2.75) is 42.6 Å². The van der Waals surface area contributed by atoms with Crippen LogP contribution < -0.4 is 5.56 Å². The minimum Gasteiger partial charge on any atom is -0.284 e. The zero-order valence-corrected chi connectivity index (χ0v) is 15.5. The first-order valence-electron chi connectivity index (χ1n) is 9.01. The van der Waals surface area contributed by atoms with Crippen molar-refractivity contribution >= 4 is 28.4 Å². The van der Waals surface area contributed by atoms with E-state index in [2.05, 4.69) is 0 Å². The van der Waals surface area contributed by atoms with Crippen LogP contribution in [0.25, 0.3) is 10.9 Å². The Kier molecular flexibility index (Phi) is 4.94. The summed E-state index contributed by atoms with van der Waals surface area (Å²) in [4.78, 5) is 28.7. The molecule has 6 nitrogen and oxygen atoms in total. The molecule has 0 unspecified atom stereocenters. The van der Waals surface area contributed by atoms with Gasteiger partial charge in [-0.05, 0) is 25.0 Å². The van der Waals surface area contributed by atoms with E-state index in [1.807, 2.05) is 28.8 Å². The second-order valence-electron chi connectivity index (χ2n) is 6.70. The van der Waals surface area contributed by atoms with Gasteiger partial charge in [0.1, 0.15) is 0 Å². The summed E-state index contributed by atoms with van der Waals surface area (Å²) in [6.07, 6.45) is 4.16. The van der Waals surface area contributed by atoms with Gasteiger partial charge in [0.05, 0.1) is 15.8 Å². The highest BCUT2D eigenvalue weighted by atomic mass is 32.2. The lowest BCUT2D eigenvalue weighted by molar-refractivity contribution is -0.385. The molecule has 0 bridgehead atoms. The Morgan fingerprint density at radius 1 is 1.11 bits per heavy atom. The number of nitro benzene ring substituents is 1. The Morgan fingerprint density at radius 2 is 1.81 bits per heavy atom. The fourth-order valence-corrected chi connectivity index (χ4v) is 4.73. The second-order valence-corrected chi connectivity index (χ2v) is 7.64. The molecule has 1 heterocycles. The zero-order chi connectivity index (χ0) is 18.8. The van der Waals surface area contributed by atoms with E-state index in [9.17, 15) is 14.9 Å². The summed E-state index contributed by atoms with van der Waals surface area (Å²) in [5.74, 6) is 0.397. The molecular formula is C20H19N3O3S. The molecule has 2 aromatic carbocycles. The zero-order valence-electron chi connectivity index (χ0n) is 14.7. The van der Waals surface area contributed by atoms with Crippen LogP contribution in [0.4, 0.5) is 5.69 Å². The number of hydrogen-bond acceptors (Lipinski definition) is 5. The summed E-state index contributed by atoms with van der Waals surface area (Å²) < 4.78 is 1.81. The lowest BCUT2D eigenvalue weighted by Crippen LogP contribution is -2.26. The van der Waals surface area contributed by atoms with Crippen molar-refractivity contribution in [2.75, 3.05) is 0 Å². The molecule has 0 saturated heterocycles. The molecule has 27 heavy (non-hydrogen) atoms. The highest BCUT2D eigenvalue weighted by Crippen LogP contribution is 2.34. The maximum atomic E-state index is 13.1. The van der Waals surface area contributed by atoms with E-state index < -0.39 is 0 Å². The molecule has 0 N–H and O–H groups in total. The van der Waals surface area contributed by atoms with Crippen LogP contribution in [-0.4, -0.2) is 14.5 Å². The van der Waals surface area contributed by atoms with Crippen LogP contribution in [0.3, 0.4) is 0 Å². The lowest BCUT2D eigenvalue weighted by atomic mass is 10.2. The van der Waals surface area contributed by atoms with Crippen LogP contribution in [0.2, 0.25) is 0 Å². The van der Waals surface area contributed by atoms with Crippen LogP contribution in [0, 0.1) is 10.1 Å². The predicted molar refractivity (Wildman–Crippen MR) is 106 cm³/mol. The maximum Gasteiger partial charge on any atom is 0.273 e. The normalized spacial score (nSPS) is 14.7. The van der Waals surface area contributed by atoms with Gasteiger partial charge in [0.25, 0.3) is 11.2 Å². The van der Waals surface area contributed by atoms with Crippen LogP contribution in [-0.2, 0) is 5.75 Å². The van der Waals surface area contributed by atoms with Crippen molar-refractivity contribution in [2.24, 2.45) is 0 Å². The molecular weight excluding hydrogens is 362 g/mol. The van der Waals surface area contributed by atoms with Crippen molar-refractivity contribution in [3.63, 3.8) is 0 Å². The van der Waals surface area contributed by atoms with Gasteiger partial charge in [-0.25, -0.2) is 4.98 Å². The molecule has 0 atom stereocenters. The molecule has 0 aliphatic heterocycles. The number of benzene rings is 2. The van der Waals surface area contributed by atoms with E-state index in [4.69, 9.17) is 4.98 Å². The summed E-state index contributed by atoms with van der Waals surface area (Å²) in [6.45, 7) is 0. The third-order valence-corrected chi connectivity index (χ3v) is 6.01. The minimum absolute atomic E-state index is 0.0161. The van der Waals surface area contributed by atoms with Gasteiger partial charge in [0.2, 0.25) is 0 Å². The Hall–Kier alpha value is -2.67. The monoisotopic (exact) mass is 381 g/mol. The summed E-state index contributed by atoms with van der Waals surface area (Å²) in [5, 5.41) is 12.5. The highest BCUT2D eigenvalue weighted by Gasteiger charge is 2.23.